The van der Waals surface area contributed by atoms with Gasteiger partial charge in [-0.15, -0.1) is 6.58 Å². The van der Waals surface area contributed by atoms with Gasteiger partial charge in [0.2, 0.25) is 0 Å². The van der Waals surface area contributed by atoms with Crippen LogP contribution in [0.25, 0.3) is 0 Å². The summed E-state index contributed by atoms with van der Waals surface area (Å²) >= 11 is 0. The quantitative estimate of drug-likeness (QED) is 0.624. The van der Waals surface area contributed by atoms with Gasteiger partial charge in [0.25, 0.3) is 0 Å². The van der Waals surface area contributed by atoms with E-state index < -0.39 is 0 Å². The zero-order valence-electron chi connectivity index (χ0n) is 8.71. The molecule has 1 aliphatic rings. The first-order chi connectivity index (χ1) is 6.85. The first kappa shape index (κ1) is 9.51. The topological polar surface area (TPSA) is 0 Å². The highest BCUT2D eigenvalue weighted by atomic mass is 14.4. The number of benzene rings is 1. The van der Waals surface area contributed by atoms with E-state index in [-0.39, 0.29) is 0 Å². The molecule has 74 valence electrons. The summed E-state index contributed by atoms with van der Waals surface area (Å²) in [7, 11) is 0. The van der Waals surface area contributed by atoms with Crippen molar-refractivity contribution >= 4 is 0 Å². The van der Waals surface area contributed by atoms with Crippen molar-refractivity contribution in [2.24, 2.45) is 5.41 Å². The van der Waals surface area contributed by atoms with Crippen LogP contribution < -0.4 is 0 Å². The molecule has 1 fully saturated rings. The van der Waals surface area contributed by atoms with Gasteiger partial charge in [0.1, 0.15) is 0 Å². The van der Waals surface area contributed by atoms with E-state index in [1.807, 2.05) is 0 Å². The third kappa shape index (κ3) is 1.89. The highest BCUT2D eigenvalue weighted by molar-refractivity contribution is 5.17. The molecule has 0 nitrogen and oxygen atoms in total. The maximum Gasteiger partial charge on any atom is -0.0219 e. The van der Waals surface area contributed by atoms with Crippen molar-refractivity contribution in [1.82, 2.24) is 0 Å². The fourth-order valence-corrected chi connectivity index (χ4v) is 2.46. The van der Waals surface area contributed by atoms with Gasteiger partial charge in [-0.1, -0.05) is 42.8 Å². The summed E-state index contributed by atoms with van der Waals surface area (Å²) in [5.41, 5.74) is 2.04. The van der Waals surface area contributed by atoms with Crippen molar-refractivity contribution in [3.8, 4) is 0 Å². The van der Waals surface area contributed by atoms with Crippen molar-refractivity contribution in [1.29, 1.82) is 0 Å². The number of hydrogen-bond acceptors (Lipinski definition) is 0. The largest absolute Gasteiger partial charge is 0.103 e. The second-order valence-electron chi connectivity index (χ2n) is 4.51. The van der Waals surface area contributed by atoms with E-state index in [0.717, 1.165) is 0 Å². The Labute approximate surface area is 86.7 Å². The molecule has 2 rings (SSSR count). The Balaban J connectivity index is 2.05. The Morgan fingerprint density at radius 1 is 1.21 bits per heavy atom. The summed E-state index contributed by atoms with van der Waals surface area (Å²) in [6.45, 7) is 3.87. The van der Waals surface area contributed by atoms with Crippen molar-refractivity contribution in [3.63, 3.8) is 0 Å². The minimum absolute atomic E-state index is 0.559. The van der Waals surface area contributed by atoms with Crippen LogP contribution in [0.15, 0.2) is 43.0 Å². The molecule has 14 heavy (non-hydrogen) atoms. The fraction of sp³-hybridized carbons (Fsp3) is 0.429. The average Bonchev–Trinajstić information content (AvgIpc) is 2.16. The van der Waals surface area contributed by atoms with Crippen LogP contribution in [0, 0.1) is 5.41 Å². The summed E-state index contributed by atoms with van der Waals surface area (Å²) in [5, 5.41) is 0. The van der Waals surface area contributed by atoms with Crippen LogP contribution >= 0.6 is 0 Å². The van der Waals surface area contributed by atoms with Crippen molar-refractivity contribution < 1.29 is 0 Å². The molecule has 0 saturated heterocycles. The van der Waals surface area contributed by atoms with Crippen LogP contribution in [0.3, 0.4) is 0 Å². The highest BCUT2D eigenvalue weighted by Gasteiger charge is 2.35. The van der Waals surface area contributed by atoms with Crippen LogP contribution in [0.5, 0.6) is 0 Å². The van der Waals surface area contributed by atoms with Crippen molar-refractivity contribution in [3.05, 3.63) is 48.6 Å². The molecule has 1 saturated carbocycles. The van der Waals surface area contributed by atoms with E-state index >= 15 is 0 Å². The van der Waals surface area contributed by atoms with E-state index in [4.69, 9.17) is 0 Å². The van der Waals surface area contributed by atoms with Gasteiger partial charge in [-0.3, -0.25) is 0 Å². The van der Waals surface area contributed by atoms with Gasteiger partial charge in [-0.05, 0) is 36.7 Å². The summed E-state index contributed by atoms with van der Waals surface area (Å²) in [5.74, 6) is 0. The molecule has 0 aromatic heterocycles. The molecule has 0 heterocycles. The second-order valence-corrected chi connectivity index (χ2v) is 4.51. The Bertz CT molecular complexity index is 293. The first-order valence-electron chi connectivity index (χ1n) is 5.49. The minimum Gasteiger partial charge on any atom is -0.103 e. The lowest BCUT2D eigenvalue weighted by Gasteiger charge is -2.41. The zero-order chi connectivity index (χ0) is 9.86. The van der Waals surface area contributed by atoms with Crippen LogP contribution in [-0.2, 0) is 6.42 Å². The van der Waals surface area contributed by atoms with E-state index in [9.17, 15) is 0 Å². The van der Waals surface area contributed by atoms with E-state index in [2.05, 4.69) is 43.0 Å². The Morgan fingerprint density at radius 2 is 1.93 bits per heavy atom. The summed E-state index contributed by atoms with van der Waals surface area (Å²) in [6, 6.07) is 10.8. The molecular weight excluding hydrogens is 168 g/mol. The standard InChI is InChI=1S/C14H18/c1-2-9-14(10-6-11-14)12-13-7-4-3-5-8-13/h2-5,7-8H,1,6,9-12H2. The minimum atomic E-state index is 0.559. The fourth-order valence-electron chi connectivity index (χ4n) is 2.46. The zero-order valence-corrected chi connectivity index (χ0v) is 8.71. The summed E-state index contributed by atoms with van der Waals surface area (Å²) < 4.78 is 0. The molecule has 0 N–H and O–H groups in total. The molecule has 1 aromatic carbocycles. The summed E-state index contributed by atoms with van der Waals surface area (Å²) in [6.07, 6.45) is 8.67. The molecule has 0 atom stereocenters. The lowest BCUT2D eigenvalue weighted by molar-refractivity contribution is 0.137. The number of rotatable bonds is 4. The predicted molar refractivity (Wildman–Crippen MR) is 61.2 cm³/mol. The lowest BCUT2D eigenvalue weighted by Crippen LogP contribution is -2.31. The molecule has 0 bridgehead atoms. The molecule has 0 spiro atoms. The number of allylic oxidation sites excluding steroid dienone is 1. The van der Waals surface area contributed by atoms with Crippen LogP contribution in [-0.4, -0.2) is 0 Å². The van der Waals surface area contributed by atoms with Gasteiger partial charge in [0, 0.05) is 0 Å². The molecule has 0 radical (unpaired) electrons. The smallest absolute Gasteiger partial charge is 0.0219 e. The Hall–Kier alpha value is -1.04. The molecule has 0 aliphatic heterocycles. The molecule has 1 aromatic rings. The van der Waals surface area contributed by atoms with Crippen molar-refractivity contribution in [2.75, 3.05) is 0 Å². The maximum atomic E-state index is 3.87. The van der Waals surface area contributed by atoms with E-state index in [0.29, 0.717) is 5.41 Å². The lowest BCUT2D eigenvalue weighted by atomic mass is 9.63. The SMILES string of the molecule is C=CCC1(Cc2ccccc2)CCC1. The van der Waals surface area contributed by atoms with Gasteiger partial charge in [0.05, 0.1) is 0 Å². The second kappa shape index (κ2) is 4.00. The molecule has 0 heteroatoms. The van der Waals surface area contributed by atoms with Gasteiger partial charge >= 0.3 is 0 Å². The Morgan fingerprint density at radius 3 is 2.43 bits per heavy atom. The first-order valence-corrected chi connectivity index (χ1v) is 5.49. The maximum absolute atomic E-state index is 3.87. The van der Waals surface area contributed by atoms with E-state index in [1.165, 1.54) is 37.7 Å². The molecule has 0 unspecified atom stereocenters. The molecule has 1 aliphatic carbocycles. The normalized spacial score (nSPS) is 18.6. The molecule has 0 amide bonds. The van der Waals surface area contributed by atoms with Crippen LogP contribution in [0.1, 0.15) is 31.2 Å². The van der Waals surface area contributed by atoms with E-state index in [1.54, 1.807) is 0 Å². The predicted octanol–water partition coefficient (Wildman–Crippen LogP) is 3.98. The average molecular weight is 186 g/mol. The Kier molecular flexibility index (Phi) is 2.72. The van der Waals surface area contributed by atoms with Gasteiger partial charge < -0.3 is 0 Å². The van der Waals surface area contributed by atoms with Gasteiger partial charge in [0.15, 0.2) is 0 Å². The van der Waals surface area contributed by atoms with Gasteiger partial charge in [-0.2, -0.15) is 0 Å². The van der Waals surface area contributed by atoms with Crippen LogP contribution in [0.2, 0.25) is 0 Å². The van der Waals surface area contributed by atoms with Crippen molar-refractivity contribution in [2.45, 2.75) is 32.1 Å². The van der Waals surface area contributed by atoms with Gasteiger partial charge in [-0.25, -0.2) is 0 Å². The summed E-state index contributed by atoms with van der Waals surface area (Å²) in [4.78, 5) is 0. The monoisotopic (exact) mass is 186 g/mol. The third-order valence-electron chi connectivity index (χ3n) is 3.41. The third-order valence-corrected chi connectivity index (χ3v) is 3.41. The highest BCUT2D eigenvalue weighted by Crippen LogP contribution is 2.46. The molecular formula is C14H18. The van der Waals surface area contributed by atoms with Crippen LogP contribution in [0.4, 0.5) is 0 Å². The number of hydrogen-bond donors (Lipinski definition) is 0.